The third kappa shape index (κ3) is 0.680. The minimum absolute atomic E-state index is 0.586. The number of hydrogen-bond donors (Lipinski definition) is 0. The van der Waals surface area contributed by atoms with Gasteiger partial charge in [0.05, 0.1) is 5.56 Å². The monoisotopic (exact) mass is 180 g/mol. The van der Waals surface area contributed by atoms with E-state index in [0.717, 1.165) is 16.9 Å². The Bertz CT molecular complexity index is 594. The predicted molar refractivity (Wildman–Crippen MR) is 53.9 cm³/mol. The van der Waals surface area contributed by atoms with Gasteiger partial charge in [-0.05, 0) is 18.6 Å². The molecule has 0 amide bonds. The van der Waals surface area contributed by atoms with E-state index in [2.05, 4.69) is 17.9 Å². The third-order valence-electron chi connectivity index (χ3n) is 3.13. The standard InChI is InChI=1S/C13H8O/c1-2-4-12-9(3-1)10-6-5-8-7-11(8)13(10)14-12/h1-4,8,11H,7H2. The molecule has 66 valence electrons. The van der Waals surface area contributed by atoms with E-state index >= 15 is 0 Å². The van der Waals surface area contributed by atoms with Crippen molar-refractivity contribution in [1.82, 2.24) is 0 Å². The molecule has 4 rings (SSSR count). The Labute approximate surface area is 81.7 Å². The number of benzene rings is 1. The van der Waals surface area contributed by atoms with E-state index in [4.69, 9.17) is 4.42 Å². The fraction of sp³-hybridized carbons (Fsp3) is 0.231. The molecule has 1 heterocycles. The normalized spacial score (nSPS) is 26.3. The first-order valence-electron chi connectivity index (χ1n) is 4.96. The molecule has 2 unspecified atom stereocenters. The highest BCUT2D eigenvalue weighted by Crippen LogP contribution is 2.51. The molecular formula is C13H8O. The Hall–Kier alpha value is -1.68. The van der Waals surface area contributed by atoms with Crippen LogP contribution in [0.4, 0.5) is 0 Å². The molecule has 1 fully saturated rings. The Balaban J connectivity index is 2.17. The van der Waals surface area contributed by atoms with E-state index in [0.29, 0.717) is 11.8 Å². The maximum absolute atomic E-state index is 5.84. The minimum Gasteiger partial charge on any atom is -0.459 e. The van der Waals surface area contributed by atoms with Crippen LogP contribution >= 0.6 is 0 Å². The van der Waals surface area contributed by atoms with Crippen molar-refractivity contribution >= 4 is 11.0 Å². The molecule has 0 N–H and O–H groups in total. The summed E-state index contributed by atoms with van der Waals surface area (Å²) in [5.41, 5.74) is 2.12. The molecule has 1 heteroatoms. The van der Waals surface area contributed by atoms with E-state index in [-0.39, 0.29) is 0 Å². The Morgan fingerprint density at radius 2 is 2.21 bits per heavy atom. The van der Waals surface area contributed by atoms with Crippen LogP contribution in [0.2, 0.25) is 0 Å². The number of fused-ring (bicyclic) bond motifs is 5. The van der Waals surface area contributed by atoms with Gasteiger partial charge in [0, 0.05) is 17.2 Å². The first kappa shape index (κ1) is 6.73. The van der Waals surface area contributed by atoms with E-state index in [1.165, 1.54) is 11.8 Å². The summed E-state index contributed by atoms with van der Waals surface area (Å²) < 4.78 is 5.84. The van der Waals surface area contributed by atoms with Gasteiger partial charge >= 0.3 is 0 Å². The molecular weight excluding hydrogens is 172 g/mol. The molecule has 2 atom stereocenters. The van der Waals surface area contributed by atoms with Crippen molar-refractivity contribution < 1.29 is 4.42 Å². The molecule has 2 aliphatic carbocycles. The van der Waals surface area contributed by atoms with Gasteiger partial charge in [0.25, 0.3) is 0 Å². The average Bonchev–Trinajstić information content (AvgIpc) is 2.92. The van der Waals surface area contributed by atoms with Gasteiger partial charge in [-0.1, -0.05) is 24.0 Å². The molecule has 2 aliphatic rings. The largest absolute Gasteiger partial charge is 0.459 e. The first-order chi connectivity index (χ1) is 6.93. The van der Waals surface area contributed by atoms with Crippen LogP contribution in [0, 0.1) is 17.8 Å². The first-order valence-corrected chi connectivity index (χ1v) is 4.96. The van der Waals surface area contributed by atoms with E-state index in [1.54, 1.807) is 0 Å². The van der Waals surface area contributed by atoms with Gasteiger partial charge in [-0.25, -0.2) is 0 Å². The maximum Gasteiger partial charge on any atom is 0.135 e. The summed E-state index contributed by atoms with van der Waals surface area (Å²) in [7, 11) is 0. The van der Waals surface area contributed by atoms with Gasteiger partial charge in [-0.2, -0.15) is 0 Å². The molecule has 0 bridgehead atoms. The van der Waals surface area contributed by atoms with E-state index in [1.807, 2.05) is 18.2 Å². The van der Waals surface area contributed by atoms with Crippen molar-refractivity contribution in [2.24, 2.45) is 5.92 Å². The lowest BCUT2D eigenvalue weighted by molar-refractivity contribution is 0.545. The molecule has 1 aromatic heterocycles. The molecule has 1 saturated carbocycles. The molecule has 0 radical (unpaired) electrons. The highest BCUT2D eigenvalue weighted by molar-refractivity contribution is 5.86. The SMILES string of the molecule is C1#CC2CC2c2oc3ccccc3c21. The lowest BCUT2D eigenvalue weighted by Crippen LogP contribution is -1.88. The van der Waals surface area contributed by atoms with Crippen LogP contribution in [0.3, 0.4) is 0 Å². The zero-order valence-electron chi connectivity index (χ0n) is 7.58. The molecule has 0 aliphatic heterocycles. The molecule has 0 saturated heterocycles. The van der Waals surface area contributed by atoms with Crippen molar-refractivity contribution in [3.05, 3.63) is 35.6 Å². The molecule has 0 spiro atoms. The summed E-state index contributed by atoms with van der Waals surface area (Å²) in [6, 6.07) is 8.16. The second kappa shape index (κ2) is 2.04. The molecule has 1 nitrogen and oxygen atoms in total. The summed E-state index contributed by atoms with van der Waals surface area (Å²) in [6.07, 6.45) is 1.19. The second-order valence-electron chi connectivity index (χ2n) is 4.06. The van der Waals surface area contributed by atoms with Crippen molar-refractivity contribution in [3.63, 3.8) is 0 Å². The van der Waals surface area contributed by atoms with Crippen LogP contribution < -0.4 is 0 Å². The van der Waals surface area contributed by atoms with Crippen LogP contribution in [-0.2, 0) is 0 Å². The smallest absolute Gasteiger partial charge is 0.135 e. The van der Waals surface area contributed by atoms with Crippen LogP contribution in [0.15, 0.2) is 28.7 Å². The van der Waals surface area contributed by atoms with Crippen LogP contribution in [0.5, 0.6) is 0 Å². The Morgan fingerprint density at radius 1 is 1.29 bits per heavy atom. The maximum atomic E-state index is 5.84. The number of rotatable bonds is 0. The van der Waals surface area contributed by atoms with Crippen molar-refractivity contribution in [3.8, 4) is 11.8 Å². The van der Waals surface area contributed by atoms with Crippen molar-refractivity contribution in [1.29, 1.82) is 0 Å². The number of hydrogen-bond acceptors (Lipinski definition) is 1. The van der Waals surface area contributed by atoms with Crippen molar-refractivity contribution in [2.45, 2.75) is 12.3 Å². The fourth-order valence-electron chi connectivity index (χ4n) is 2.26. The molecule has 2 aromatic rings. The molecule has 1 aromatic carbocycles. The zero-order valence-corrected chi connectivity index (χ0v) is 7.58. The van der Waals surface area contributed by atoms with E-state index in [9.17, 15) is 0 Å². The zero-order chi connectivity index (χ0) is 9.12. The lowest BCUT2D eigenvalue weighted by atomic mass is 10.0. The fourth-order valence-corrected chi connectivity index (χ4v) is 2.26. The summed E-state index contributed by atoms with van der Waals surface area (Å²) in [5, 5.41) is 1.18. The highest BCUT2D eigenvalue weighted by atomic mass is 16.3. The summed E-state index contributed by atoms with van der Waals surface area (Å²) in [5.74, 6) is 8.83. The van der Waals surface area contributed by atoms with Crippen LogP contribution in [-0.4, -0.2) is 0 Å². The average molecular weight is 180 g/mol. The van der Waals surface area contributed by atoms with Crippen LogP contribution in [0.1, 0.15) is 23.7 Å². The topological polar surface area (TPSA) is 13.1 Å². The van der Waals surface area contributed by atoms with Gasteiger partial charge in [-0.3, -0.25) is 0 Å². The minimum atomic E-state index is 0.586. The predicted octanol–water partition coefficient (Wildman–Crippen LogP) is 2.90. The lowest BCUT2D eigenvalue weighted by Gasteiger charge is -1.96. The number of furan rings is 1. The third-order valence-corrected chi connectivity index (χ3v) is 3.13. The van der Waals surface area contributed by atoms with Gasteiger partial charge in [0.15, 0.2) is 0 Å². The second-order valence-corrected chi connectivity index (χ2v) is 4.06. The van der Waals surface area contributed by atoms with Gasteiger partial charge in [0.1, 0.15) is 11.3 Å². The Morgan fingerprint density at radius 3 is 3.21 bits per heavy atom. The highest BCUT2D eigenvalue weighted by Gasteiger charge is 2.43. The summed E-state index contributed by atoms with van der Waals surface area (Å²) in [4.78, 5) is 0. The quantitative estimate of drug-likeness (QED) is 0.568. The van der Waals surface area contributed by atoms with Gasteiger partial charge in [-0.15, -0.1) is 0 Å². The summed E-state index contributed by atoms with van der Waals surface area (Å²) in [6.45, 7) is 0. The van der Waals surface area contributed by atoms with Gasteiger partial charge < -0.3 is 4.42 Å². The van der Waals surface area contributed by atoms with E-state index < -0.39 is 0 Å². The van der Waals surface area contributed by atoms with Gasteiger partial charge in [0.2, 0.25) is 0 Å². The van der Waals surface area contributed by atoms with Crippen molar-refractivity contribution in [2.75, 3.05) is 0 Å². The Kier molecular flexibility index (Phi) is 0.979. The molecule has 14 heavy (non-hydrogen) atoms. The number of para-hydroxylation sites is 1. The summed E-state index contributed by atoms with van der Waals surface area (Å²) >= 11 is 0. The van der Waals surface area contributed by atoms with Crippen LogP contribution in [0.25, 0.3) is 11.0 Å².